The number of aliphatic carboxylic acids is 1. The molecular weight excluding hydrogens is 142 g/mol. The van der Waals surface area contributed by atoms with E-state index in [1.165, 1.54) is 19.3 Å². The van der Waals surface area contributed by atoms with Gasteiger partial charge in [-0.2, -0.15) is 0 Å². The Kier molecular flexibility index (Phi) is 11.2. The maximum Gasteiger partial charge on any atom is 0.300 e. The monoisotopic (exact) mass is 161 g/mol. The van der Waals surface area contributed by atoms with Gasteiger partial charge in [0, 0.05) is 13.0 Å². The van der Waals surface area contributed by atoms with Crippen molar-refractivity contribution in [3.8, 4) is 0 Å². The van der Waals surface area contributed by atoms with Crippen molar-refractivity contribution in [1.82, 2.24) is 0 Å². The molecule has 11 heavy (non-hydrogen) atoms. The topological polar surface area (TPSA) is 63.3 Å². The van der Waals surface area contributed by atoms with Crippen LogP contribution in [0.25, 0.3) is 0 Å². The van der Waals surface area contributed by atoms with Crippen molar-refractivity contribution >= 4 is 5.97 Å². The number of nitrogens with two attached hydrogens (primary N) is 1. The Hall–Kier alpha value is -0.570. The Balaban J connectivity index is 0. The SMILES string of the molecule is CC(=O)O.CCCCC(C)N. The third-order valence-corrected chi connectivity index (χ3v) is 1.01. The number of hydrogen-bond donors (Lipinski definition) is 2. The minimum Gasteiger partial charge on any atom is -0.481 e. The van der Waals surface area contributed by atoms with E-state index in [1.807, 2.05) is 0 Å². The summed E-state index contributed by atoms with van der Waals surface area (Å²) in [7, 11) is 0. The van der Waals surface area contributed by atoms with Gasteiger partial charge in [0.15, 0.2) is 0 Å². The Labute approximate surface area is 68.6 Å². The Morgan fingerprint density at radius 1 is 1.64 bits per heavy atom. The van der Waals surface area contributed by atoms with E-state index in [9.17, 15) is 0 Å². The van der Waals surface area contributed by atoms with E-state index < -0.39 is 5.97 Å². The van der Waals surface area contributed by atoms with Crippen LogP contribution < -0.4 is 5.73 Å². The zero-order chi connectivity index (χ0) is 9.28. The lowest BCUT2D eigenvalue weighted by atomic mass is 10.2. The highest BCUT2D eigenvalue weighted by Gasteiger charge is 1.88. The standard InChI is InChI=1S/C6H15N.C2H4O2/c1-3-4-5-6(2)7;1-2(3)4/h6H,3-5,7H2,1-2H3;1H3,(H,3,4). The first-order valence-electron chi connectivity index (χ1n) is 3.95. The second-order valence-electron chi connectivity index (χ2n) is 2.64. The fourth-order valence-electron chi connectivity index (χ4n) is 0.526. The minimum atomic E-state index is -0.833. The van der Waals surface area contributed by atoms with Crippen molar-refractivity contribution in [3.05, 3.63) is 0 Å². The summed E-state index contributed by atoms with van der Waals surface area (Å²) >= 11 is 0. The fourth-order valence-corrected chi connectivity index (χ4v) is 0.526. The van der Waals surface area contributed by atoms with Crippen LogP contribution in [0.2, 0.25) is 0 Å². The van der Waals surface area contributed by atoms with Gasteiger partial charge in [-0.25, -0.2) is 0 Å². The van der Waals surface area contributed by atoms with Gasteiger partial charge in [-0.3, -0.25) is 4.79 Å². The molecule has 0 fully saturated rings. The Morgan fingerprint density at radius 3 is 2.09 bits per heavy atom. The minimum absolute atomic E-state index is 0.403. The van der Waals surface area contributed by atoms with Crippen molar-refractivity contribution in [2.45, 2.75) is 46.1 Å². The first kappa shape index (κ1) is 13.1. The molecule has 0 spiro atoms. The molecule has 0 aliphatic heterocycles. The number of unbranched alkanes of at least 4 members (excludes halogenated alkanes) is 1. The van der Waals surface area contributed by atoms with Crippen LogP contribution in [-0.4, -0.2) is 17.1 Å². The zero-order valence-corrected chi connectivity index (χ0v) is 7.63. The van der Waals surface area contributed by atoms with Crippen LogP contribution in [0.5, 0.6) is 0 Å². The molecule has 0 aromatic heterocycles. The predicted octanol–water partition coefficient (Wildman–Crippen LogP) is 1.61. The van der Waals surface area contributed by atoms with E-state index in [4.69, 9.17) is 15.6 Å². The normalized spacial score (nSPS) is 11.3. The molecule has 1 atom stereocenters. The summed E-state index contributed by atoms with van der Waals surface area (Å²) in [5.74, 6) is -0.833. The largest absolute Gasteiger partial charge is 0.481 e. The molecule has 0 heterocycles. The molecule has 0 saturated heterocycles. The van der Waals surface area contributed by atoms with Crippen molar-refractivity contribution in [1.29, 1.82) is 0 Å². The molecule has 0 aliphatic carbocycles. The first-order valence-corrected chi connectivity index (χ1v) is 3.95. The molecular formula is C8H19NO2. The van der Waals surface area contributed by atoms with E-state index in [1.54, 1.807) is 0 Å². The molecule has 0 aromatic rings. The van der Waals surface area contributed by atoms with Gasteiger partial charge in [-0.1, -0.05) is 19.8 Å². The van der Waals surface area contributed by atoms with E-state index in [0.717, 1.165) is 6.92 Å². The van der Waals surface area contributed by atoms with Gasteiger partial charge >= 0.3 is 0 Å². The first-order chi connectivity index (χ1) is 5.00. The molecule has 0 bridgehead atoms. The molecule has 0 saturated carbocycles. The van der Waals surface area contributed by atoms with E-state index in [-0.39, 0.29) is 0 Å². The highest BCUT2D eigenvalue weighted by atomic mass is 16.4. The second-order valence-corrected chi connectivity index (χ2v) is 2.64. The second kappa shape index (κ2) is 9.43. The van der Waals surface area contributed by atoms with Gasteiger partial charge in [0.05, 0.1) is 0 Å². The van der Waals surface area contributed by atoms with Gasteiger partial charge in [0.25, 0.3) is 5.97 Å². The summed E-state index contributed by atoms with van der Waals surface area (Å²) in [5.41, 5.74) is 5.48. The number of carboxylic acids is 1. The number of carboxylic acid groups (broad SMARTS) is 1. The fraction of sp³-hybridized carbons (Fsp3) is 0.875. The smallest absolute Gasteiger partial charge is 0.300 e. The number of carbonyl (C=O) groups is 1. The van der Waals surface area contributed by atoms with E-state index in [0.29, 0.717) is 6.04 Å². The number of rotatable bonds is 3. The van der Waals surface area contributed by atoms with Crippen LogP contribution in [0, 0.1) is 0 Å². The van der Waals surface area contributed by atoms with Gasteiger partial charge in [0.2, 0.25) is 0 Å². The van der Waals surface area contributed by atoms with Crippen LogP contribution in [0.1, 0.15) is 40.0 Å². The van der Waals surface area contributed by atoms with Crippen LogP contribution >= 0.6 is 0 Å². The summed E-state index contributed by atoms with van der Waals surface area (Å²) < 4.78 is 0. The van der Waals surface area contributed by atoms with Gasteiger partial charge < -0.3 is 10.8 Å². The third-order valence-electron chi connectivity index (χ3n) is 1.01. The average molecular weight is 161 g/mol. The van der Waals surface area contributed by atoms with Crippen LogP contribution in [-0.2, 0) is 4.79 Å². The molecule has 3 heteroatoms. The van der Waals surface area contributed by atoms with Crippen molar-refractivity contribution in [2.24, 2.45) is 5.73 Å². The lowest BCUT2D eigenvalue weighted by molar-refractivity contribution is -0.134. The van der Waals surface area contributed by atoms with Gasteiger partial charge in [0.1, 0.15) is 0 Å². The Morgan fingerprint density at radius 2 is 2.00 bits per heavy atom. The van der Waals surface area contributed by atoms with Crippen molar-refractivity contribution in [3.63, 3.8) is 0 Å². The van der Waals surface area contributed by atoms with E-state index in [2.05, 4.69) is 13.8 Å². The molecule has 68 valence electrons. The molecule has 0 aromatic carbocycles. The third kappa shape index (κ3) is 44.2. The average Bonchev–Trinajstić information content (AvgIpc) is 1.82. The number of hydrogen-bond acceptors (Lipinski definition) is 2. The maximum absolute atomic E-state index is 9.00. The highest BCUT2D eigenvalue weighted by Crippen LogP contribution is 1.95. The lowest BCUT2D eigenvalue weighted by Crippen LogP contribution is -2.13. The Bertz CT molecular complexity index is 88.1. The molecule has 0 aliphatic rings. The van der Waals surface area contributed by atoms with Gasteiger partial charge in [-0.05, 0) is 13.3 Å². The maximum atomic E-state index is 9.00. The lowest BCUT2D eigenvalue weighted by Gasteiger charge is -1.99. The predicted molar refractivity (Wildman–Crippen MR) is 46.5 cm³/mol. The van der Waals surface area contributed by atoms with E-state index >= 15 is 0 Å². The van der Waals surface area contributed by atoms with Crippen LogP contribution in [0.4, 0.5) is 0 Å². The molecule has 1 unspecified atom stereocenters. The van der Waals surface area contributed by atoms with Crippen LogP contribution in [0.3, 0.4) is 0 Å². The van der Waals surface area contributed by atoms with Gasteiger partial charge in [-0.15, -0.1) is 0 Å². The molecule has 3 nitrogen and oxygen atoms in total. The molecule has 3 N–H and O–H groups in total. The summed E-state index contributed by atoms with van der Waals surface area (Å²) in [4.78, 5) is 9.00. The van der Waals surface area contributed by atoms with Crippen molar-refractivity contribution < 1.29 is 9.90 Å². The quantitative estimate of drug-likeness (QED) is 0.661. The molecule has 0 radical (unpaired) electrons. The summed E-state index contributed by atoms with van der Waals surface area (Å²) in [6.45, 7) is 5.32. The van der Waals surface area contributed by atoms with Crippen LogP contribution in [0.15, 0.2) is 0 Å². The molecule has 0 amide bonds. The molecule has 0 rings (SSSR count). The summed E-state index contributed by atoms with van der Waals surface area (Å²) in [6.07, 6.45) is 3.72. The summed E-state index contributed by atoms with van der Waals surface area (Å²) in [5, 5.41) is 7.42. The van der Waals surface area contributed by atoms with Crippen molar-refractivity contribution in [2.75, 3.05) is 0 Å². The highest BCUT2D eigenvalue weighted by molar-refractivity contribution is 5.62. The zero-order valence-electron chi connectivity index (χ0n) is 7.63. The summed E-state index contributed by atoms with van der Waals surface area (Å²) in [6, 6.07) is 0.403.